The highest BCUT2D eigenvalue weighted by molar-refractivity contribution is 14.0. The molecule has 1 aliphatic heterocycles. The molecule has 1 aromatic rings. The number of alkyl halides is 3. The van der Waals surface area contributed by atoms with Gasteiger partial charge >= 0.3 is 6.18 Å². The summed E-state index contributed by atoms with van der Waals surface area (Å²) in [7, 11) is 1.87. The standard InChI is InChI=1S/C17H24F3N3O.HI/c1-3-21-16(22-11-15-5-4-10-24-15)23(2)12-13-6-8-14(9-7-13)17(18,19)20;/h6-9,15H,3-5,10-12H2,1-2H3,(H,21,22);1H. The molecule has 4 nitrogen and oxygen atoms in total. The SMILES string of the molecule is CCNC(=NCC1CCCO1)N(C)Cc1ccc(C(F)(F)F)cc1.I. The second-order valence-electron chi connectivity index (χ2n) is 5.88. The van der Waals surface area contributed by atoms with Crippen LogP contribution >= 0.6 is 24.0 Å². The van der Waals surface area contributed by atoms with Crippen molar-refractivity contribution in [2.24, 2.45) is 4.99 Å². The zero-order valence-corrected chi connectivity index (χ0v) is 16.8. The number of guanidine groups is 1. The Morgan fingerprint density at radius 1 is 1.32 bits per heavy atom. The molecule has 2 rings (SSSR count). The lowest BCUT2D eigenvalue weighted by Crippen LogP contribution is -2.39. The van der Waals surface area contributed by atoms with Gasteiger partial charge in [-0.3, -0.25) is 4.99 Å². The second-order valence-corrected chi connectivity index (χ2v) is 5.88. The minimum Gasteiger partial charge on any atom is -0.376 e. The van der Waals surface area contributed by atoms with Crippen LogP contribution in [-0.4, -0.2) is 43.7 Å². The highest BCUT2D eigenvalue weighted by Gasteiger charge is 2.29. The first-order valence-electron chi connectivity index (χ1n) is 8.17. The zero-order chi connectivity index (χ0) is 17.6. The Morgan fingerprint density at radius 2 is 2.00 bits per heavy atom. The van der Waals surface area contributed by atoms with Crippen LogP contribution in [0.4, 0.5) is 13.2 Å². The first kappa shape index (κ1) is 22.0. The molecule has 1 N–H and O–H groups in total. The van der Waals surface area contributed by atoms with E-state index in [1.54, 1.807) is 0 Å². The first-order chi connectivity index (χ1) is 11.4. The quantitative estimate of drug-likeness (QED) is 0.402. The summed E-state index contributed by atoms with van der Waals surface area (Å²) in [5.74, 6) is 0.730. The van der Waals surface area contributed by atoms with Crippen molar-refractivity contribution < 1.29 is 17.9 Å². The van der Waals surface area contributed by atoms with Crippen LogP contribution in [0.5, 0.6) is 0 Å². The van der Waals surface area contributed by atoms with E-state index in [-0.39, 0.29) is 30.1 Å². The average Bonchev–Trinajstić information content (AvgIpc) is 3.04. The molecule has 0 aromatic heterocycles. The van der Waals surface area contributed by atoms with Crippen LogP contribution in [0.25, 0.3) is 0 Å². The molecule has 0 spiro atoms. The van der Waals surface area contributed by atoms with Crippen molar-refractivity contribution in [2.45, 2.75) is 38.6 Å². The molecule has 25 heavy (non-hydrogen) atoms. The number of nitrogens with one attached hydrogen (secondary N) is 1. The Hall–Kier alpha value is -1.03. The van der Waals surface area contributed by atoms with Gasteiger partial charge in [-0.15, -0.1) is 24.0 Å². The van der Waals surface area contributed by atoms with Crippen LogP contribution in [0.2, 0.25) is 0 Å². The number of hydrogen-bond donors (Lipinski definition) is 1. The summed E-state index contributed by atoms with van der Waals surface area (Å²) < 4.78 is 43.4. The molecule has 1 atom stereocenters. The topological polar surface area (TPSA) is 36.9 Å². The minimum atomic E-state index is -4.30. The van der Waals surface area contributed by atoms with Crippen molar-refractivity contribution in [1.29, 1.82) is 0 Å². The number of rotatable bonds is 5. The van der Waals surface area contributed by atoms with E-state index in [1.807, 2.05) is 18.9 Å². The zero-order valence-electron chi connectivity index (χ0n) is 14.5. The summed E-state index contributed by atoms with van der Waals surface area (Å²) in [5.41, 5.74) is 0.168. The normalized spacial score (nSPS) is 18.0. The lowest BCUT2D eigenvalue weighted by molar-refractivity contribution is -0.137. The van der Waals surface area contributed by atoms with Gasteiger partial charge in [-0.2, -0.15) is 13.2 Å². The summed E-state index contributed by atoms with van der Waals surface area (Å²) in [5, 5.41) is 3.20. The van der Waals surface area contributed by atoms with E-state index in [0.29, 0.717) is 13.1 Å². The van der Waals surface area contributed by atoms with E-state index in [1.165, 1.54) is 12.1 Å². The Morgan fingerprint density at radius 3 is 2.52 bits per heavy atom. The van der Waals surface area contributed by atoms with Gasteiger partial charge in [0.05, 0.1) is 18.2 Å². The fourth-order valence-corrected chi connectivity index (χ4v) is 2.59. The van der Waals surface area contributed by atoms with Gasteiger partial charge in [-0.05, 0) is 37.5 Å². The molecule has 0 aliphatic carbocycles. The Bertz CT molecular complexity index is 543. The molecule has 1 aliphatic rings. The number of nitrogens with zero attached hydrogens (tertiary/aromatic N) is 2. The molecule has 1 aromatic carbocycles. The van der Waals surface area contributed by atoms with Crippen LogP contribution in [0, 0.1) is 0 Å². The molecular formula is C17H25F3IN3O. The van der Waals surface area contributed by atoms with Crippen molar-refractivity contribution in [2.75, 3.05) is 26.7 Å². The van der Waals surface area contributed by atoms with E-state index in [0.717, 1.165) is 49.6 Å². The lowest BCUT2D eigenvalue weighted by atomic mass is 10.1. The number of aliphatic imine (C=N–C) groups is 1. The minimum absolute atomic E-state index is 0. The molecule has 1 heterocycles. The summed E-state index contributed by atoms with van der Waals surface area (Å²) in [6.45, 7) is 4.57. The maximum Gasteiger partial charge on any atom is 0.416 e. The molecule has 0 saturated carbocycles. The van der Waals surface area contributed by atoms with Crippen LogP contribution in [-0.2, 0) is 17.5 Å². The van der Waals surface area contributed by atoms with Gasteiger partial charge in [0.15, 0.2) is 5.96 Å². The molecule has 0 radical (unpaired) electrons. The molecule has 0 amide bonds. The van der Waals surface area contributed by atoms with Gasteiger partial charge in [-0.1, -0.05) is 12.1 Å². The predicted molar refractivity (Wildman–Crippen MR) is 103 cm³/mol. The number of benzene rings is 1. The van der Waals surface area contributed by atoms with Crippen LogP contribution in [0.3, 0.4) is 0 Å². The van der Waals surface area contributed by atoms with E-state index in [4.69, 9.17) is 4.74 Å². The van der Waals surface area contributed by atoms with Crippen molar-refractivity contribution in [1.82, 2.24) is 10.2 Å². The first-order valence-corrected chi connectivity index (χ1v) is 8.17. The fraction of sp³-hybridized carbons (Fsp3) is 0.588. The van der Waals surface area contributed by atoms with Crippen molar-refractivity contribution in [3.8, 4) is 0 Å². The molecule has 1 saturated heterocycles. The van der Waals surface area contributed by atoms with Crippen molar-refractivity contribution in [3.05, 3.63) is 35.4 Å². The van der Waals surface area contributed by atoms with Crippen LogP contribution in [0.1, 0.15) is 30.9 Å². The lowest BCUT2D eigenvalue weighted by Gasteiger charge is -2.23. The highest BCUT2D eigenvalue weighted by atomic mass is 127. The smallest absolute Gasteiger partial charge is 0.376 e. The Kier molecular flexibility index (Phi) is 8.98. The second kappa shape index (κ2) is 10.2. The third-order valence-electron chi connectivity index (χ3n) is 3.87. The van der Waals surface area contributed by atoms with Gasteiger partial charge in [0, 0.05) is 26.7 Å². The summed E-state index contributed by atoms with van der Waals surface area (Å²) in [6.07, 6.45) is -2.05. The van der Waals surface area contributed by atoms with E-state index < -0.39 is 11.7 Å². The molecule has 142 valence electrons. The maximum absolute atomic E-state index is 12.6. The van der Waals surface area contributed by atoms with E-state index in [9.17, 15) is 13.2 Å². The Balaban J connectivity index is 0.00000312. The molecule has 1 unspecified atom stereocenters. The fourth-order valence-electron chi connectivity index (χ4n) is 2.59. The van der Waals surface area contributed by atoms with E-state index >= 15 is 0 Å². The van der Waals surface area contributed by atoms with Gasteiger partial charge in [0.2, 0.25) is 0 Å². The predicted octanol–water partition coefficient (Wildman–Crippen LogP) is 3.90. The average molecular weight is 471 g/mol. The molecule has 1 fully saturated rings. The van der Waals surface area contributed by atoms with Gasteiger partial charge in [-0.25, -0.2) is 0 Å². The number of ether oxygens (including phenoxy) is 1. The summed E-state index contributed by atoms with van der Waals surface area (Å²) in [6, 6.07) is 5.23. The van der Waals surface area contributed by atoms with Crippen LogP contribution in [0.15, 0.2) is 29.3 Å². The molecule has 0 bridgehead atoms. The van der Waals surface area contributed by atoms with Gasteiger partial charge in [0.25, 0.3) is 0 Å². The van der Waals surface area contributed by atoms with Gasteiger partial charge in [0.1, 0.15) is 0 Å². The van der Waals surface area contributed by atoms with Crippen molar-refractivity contribution >= 4 is 29.9 Å². The highest BCUT2D eigenvalue weighted by Crippen LogP contribution is 2.29. The molecule has 8 heteroatoms. The largest absolute Gasteiger partial charge is 0.416 e. The monoisotopic (exact) mass is 471 g/mol. The van der Waals surface area contributed by atoms with Crippen LogP contribution < -0.4 is 5.32 Å². The van der Waals surface area contributed by atoms with E-state index in [2.05, 4.69) is 10.3 Å². The van der Waals surface area contributed by atoms with Crippen molar-refractivity contribution in [3.63, 3.8) is 0 Å². The van der Waals surface area contributed by atoms with Gasteiger partial charge < -0.3 is 15.0 Å². The molecular weight excluding hydrogens is 446 g/mol. The summed E-state index contributed by atoms with van der Waals surface area (Å²) >= 11 is 0. The number of halogens is 4. The maximum atomic E-state index is 12.6. The summed E-state index contributed by atoms with van der Waals surface area (Å²) in [4.78, 5) is 6.48. The third-order valence-corrected chi connectivity index (χ3v) is 3.87. The third kappa shape index (κ3) is 7.01. The number of hydrogen-bond acceptors (Lipinski definition) is 2. The Labute approximate surface area is 163 Å².